The first-order valence-electron chi connectivity index (χ1n) is 7.06. The minimum Gasteiger partial charge on any atom is -0.493 e. The molecular weight excluding hydrogens is 348 g/mol. The molecule has 0 fully saturated rings. The van der Waals surface area contributed by atoms with E-state index in [1.54, 1.807) is 12.1 Å². The number of methoxy groups -OCH3 is 2. The SMILES string of the molecule is COc1cc(/C=N\S(=O)(=O)c2ccc(C)cc2)cc([N+](=O)[O-])c1OC. The molecule has 0 amide bonds. The number of rotatable bonds is 6. The van der Waals surface area contributed by atoms with Crippen molar-refractivity contribution < 1.29 is 22.8 Å². The van der Waals surface area contributed by atoms with Crippen molar-refractivity contribution in [1.29, 1.82) is 0 Å². The van der Waals surface area contributed by atoms with Gasteiger partial charge in [0.1, 0.15) is 0 Å². The van der Waals surface area contributed by atoms with Crippen molar-refractivity contribution in [3.63, 3.8) is 0 Å². The molecule has 0 N–H and O–H groups in total. The molecule has 0 radical (unpaired) electrons. The highest BCUT2D eigenvalue weighted by molar-refractivity contribution is 7.90. The first-order chi connectivity index (χ1) is 11.8. The molecule has 25 heavy (non-hydrogen) atoms. The molecule has 2 aromatic carbocycles. The Hall–Kier alpha value is -2.94. The number of nitrogens with zero attached hydrogens (tertiary/aromatic N) is 2. The molecule has 132 valence electrons. The van der Waals surface area contributed by atoms with Crippen LogP contribution in [0.1, 0.15) is 11.1 Å². The standard InChI is InChI=1S/C16H16N2O6S/c1-11-4-6-13(7-5-11)25(21,22)17-10-12-8-14(18(19)20)16(24-3)15(9-12)23-2/h4-10H,1-3H3/b17-10-. The first-order valence-corrected chi connectivity index (χ1v) is 8.50. The molecule has 0 aliphatic heterocycles. The van der Waals surface area contributed by atoms with Crippen LogP contribution in [0.3, 0.4) is 0 Å². The Kier molecular flexibility index (Phi) is 5.38. The normalized spacial score (nSPS) is 11.5. The lowest BCUT2D eigenvalue weighted by Gasteiger charge is -2.08. The maximum Gasteiger partial charge on any atom is 0.315 e. The third kappa shape index (κ3) is 4.13. The van der Waals surface area contributed by atoms with E-state index < -0.39 is 14.9 Å². The maximum atomic E-state index is 12.2. The summed E-state index contributed by atoms with van der Waals surface area (Å²) in [5.74, 6) is 0.0527. The molecule has 0 bridgehead atoms. The summed E-state index contributed by atoms with van der Waals surface area (Å²) in [6.07, 6.45) is 1.03. The number of hydrogen-bond donors (Lipinski definition) is 0. The second-order valence-electron chi connectivity index (χ2n) is 5.06. The zero-order chi connectivity index (χ0) is 18.6. The zero-order valence-corrected chi connectivity index (χ0v) is 14.6. The number of ether oxygens (including phenoxy) is 2. The Morgan fingerprint density at radius 1 is 1.12 bits per heavy atom. The van der Waals surface area contributed by atoms with Crippen molar-refractivity contribution in [2.24, 2.45) is 4.40 Å². The van der Waals surface area contributed by atoms with Crippen LogP contribution in [-0.2, 0) is 10.0 Å². The van der Waals surface area contributed by atoms with Crippen LogP contribution in [0.25, 0.3) is 0 Å². The Balaban J connectivity index is 2.45. The third-order valence-electron chi connectivity index (χ3n) is 3.34. The van der Waals surface area contributed by atoms with Crippen molar-refractivity contribution in [3.05, 3.63) is 57.6 Å². The largest absolute Gasteiger partial charge is 0.493 e. The van der Waals surface area contributed by atoms with Gasteiger partial charge in [0.25, 0.3) is 10.0 Å². The first kappa shape index (κ1) is 18.4. The van der Waals surface area contributed by atoms with Crippen LogP contribution in [0.5, 0.6) is 11.5 Å². The van der Waals surface area contributed by atoms with Gasteiger partial charge < -0.3 is 9.47 Å². The van der Waals surface area contributed by atoms with Gasteiger partial charge in [-0.3, -0.25) is 10.1 Å². The van der Waals surface area contributed by atoms with Crippen LogP contribution in [0.4, 0.5) is 5.69 Å². The molecule has 9 heteroatoms. The summed E-state index contributed by atoms with van der Waals surface area (Å²) < 4.78 is 38.1. The summed E-state index contributed by atoms with van der Waals surface area (Å²) in [6, 6.07) is 8.76. The Labute approximate surface area is 144 Å². The Bertz CT molecular complexity index is 920. The monoisotopic (exact) mass is 364 g/mol. The molecular formula is C16H16N2O6S. The van der Waals surface area contributed by atoms with E-state index in [0.717, 1.165) is 17.8 Å². The fourth-order valence-electron chi connectivity index (χ4n) is 2.08. The lowest BCUT2D eigenvalue weighted by molar-refractivity contribution is -0.385. The summed E-state index contributed by atoms with van der Waals surface area (Å²) in [7, 11) is -1.31. The predicted octanol–water partition coefficient (Wildman–Crippen LogP) is 2.73. The Morgan fingerprint density at radius 3 is 2.28 bits per heavy atom. The average Bonchev–Trinajstić information content (AvgIpc) is 2.59. The van der Waals surface area contributed by atoms with Gasteiger partial charge in [-0.15, -0.1) is 0 Å². The Morgan fingerprint density at radius 2 is 1.76 bits per heavy atom. The molecule has 0 aliphatic carbocycles. The second-order valence-corrected chi connectivity index (χ2v) is 6.69. The maximum absolute atomic E-state index is 12.2. The molecule has 0 aliphatic rings. The van der Waals surface area contributed by atoms with E-state index in [0.29, 0.717) is 0 Å². The number of benzene rings is 2. The summed E-state index contributed by atoms with van der Waals surface area (Å²) in [5.41, 5.74) is 0.759. The number of sulfonamides is 1. The zero-order valence-electron chi connectivity index (χ0n) is 13.8. The fraction of sp³-hybridized carbons (Fsp3) is 0.188. The van der Waals surface area contributed by atoms with Gasteiger partial charge in [0.05, 0.1) is 24.0 Å². The van der Waals surface area contributed by atoms with Crippen LogP contribution in [0.2, 0.25) is 0 Å². The third-order valence-corrected chi connectivity index (χ3v) is 4.59. The van der Waals surface area contributed by atoms with E-state index in [1.807, 2.05) is 6.92 Å². The van der Waals surface area contributed by atoms with Crippen molar-refractivity contribution in [2.45, 2.75) is 11.8 Å². The highest BCUT2D eigenvalue weighted by Crippen LogP contribution is 2.37. The summed E-state index contributed by atoms with van der Waals surface area (Å²) in [6.45, 7) is 1.84. The highest BCUT2D eigenvalue weighted by atomic mass is 32.2. The molecule has 0 heterocycles. The van der Waals surface area contributed by atoms with Crippen molar-refractivity contribution in [1.82, 2.24) is 0 Å². The smallest absolute Gasteiger partial charge is 0.315 e. The minimum atomic E-state index is -3.92. The van der Waals surface area contributed by atoms with Crippen LogP contribution >= 0.6 is 0 Å². The molecule has 2 rings (SSSR count). The molecule has 0 aromatic heterocycles. The van der Waals surface area contributed by atoms with Gasteiger partial charge in [-0.05, 0) is 25.1 Å². The van der Waals surface area contributed by atoms with Crippen LogP contribution in [0.15, 0.2) is 45.7 Å². The van der Waals surface area contributed by atoms with Gasteiger partial charge in [-0.25, -0.2) is 0 Å². The van der Waals surface area contributed by atoms with Gasteiger partial charge in [0.15, 0.2) is 5.75 Å². The predicted molar refractivity (Wildman–Crippen MR) is 92.2 cm³/mol. The molecule has 0 saturated carbocycles. The summed E-state index contributed by atoms with van der Waals surface area (Å²) in [4.78, 5) is 10.5. The van der Waals surface area contributed by atoms with Crippen molar-refractivity contribution >= 4 is 21.9 Å². The van der Waals surface area contributed by atoms with Gasteiger partial charge in [0.2, 0.25) is 5.75 Å². The number of aryl methyl sites for hydroxylation is 1. The molecule has 0 unspecified atom stereocenters. The molecule has 2 aromatic rings. The van der Waals surface area contributed by atoms with E-state index in [1.165, 1.54) is 32.4 Å². The highest BCUT2D eigenvalue weighted by Gasteiger charge is 2.21. The van der Waals surface area contributed by atoms with Gasteiger partial charge in [-0.1, -0.05) is 17.7 Å². The summed E-state index contributed by atoms with van der Waals surface area (Å²) >= 11 is 0. The van der Waals surface area contributed by atoms with E-state index in [2.05, 4.69) is 4.40 Å². The number of nitro groups is 1. The van der Waals surface area contributed by atoms with Crippen LogP contribution in [-0.4, -0.2) is 33.8 Å². The molecule has 0 saturated heterocycles. The second kappa shape index (κ2) is 7.31. The number of hydrogen-bond acceptors (Lipinski definition) is 6. The van der Waals surface area contributed by atoms with Crippen molar-refractivity contribution in [3.8, 4) is 11.5 Å². The van der Waals surface area contributed by atoms with E-state index in [-0.39, 0.29) is 27.6 Å². The van der Waals surface area contributed by atoms with Crippen LogP contribution in [0, 0.1) is 17.0 Å². The topological polar surface area (TPSA) is 108 Å². The van der Waals surface area contributed by atoms with Gasteiger partial charge in [-0.2, -0.15) is 12.8 Å². The lowest BCUT2D eigenvalue weighted by Crippen LogP contribution is -2.00. The lowest BCUT2D eigenvalue weighted by atomic mass is 10.2. The van der Waals surface area contributed by atoms with Gasteiger partial charge >= 0.3 is 5.69 Å². The van der Waals surface area contributed by atoms with E-state index in [4.69, 9.17) is 9.47 Å². The minimum absolute atomic E-state index is 0.0318. The summed E-state index contributed by atoms with van der Waals surface area (Å²) in [5, 5.41) is 11.2. The molecule has 0 atom stereocenters. The van der Waals surface area contributed by atoms with Gasteiger partial charge in [0, 0.05) is 17.8 Å². The van der Waals surface area contributed by atoms with Crippen LogP contribution < -0.4 is 9.47 Å². The molecule has 8 nitrogen and oxygen atoms in total. The number of nitro benzene ring substituents is 1. The van der Waals surface area contributed by atoms with Crippen molar-refractivity contribution in [2.75, 3.05) is 14.2 Å². The quantitative estimate of drug-likeness (QED) is 0.443. The fourth-order valence-corrected chi connectivity index (χ4v) is 2.94. The van der Waals surface area contributed by atoms with E-state index in [9.17, 15) is 18.5 Å². The molecule has 0 spiro atoms. The average molecular weight is 364 g/mol. The van der Waals surface area contributed by atoms with E-state index >= 15 is 0 Å².